The number of allylic oxidation sites excluding steroid dienone is 4. The van der Waals surface area contributed by atoms with Gasteiger partial charge in [0.25, 0.3) is 0 Å². The van der Waals surface area contributed by atoms with Crippen molar-refractivity contribution < 1.29 is 0 Å². The maximum atomic E-state index is 5.03. The standard InChI is InChI=1S/C34H25N3/c1-3-10-23(11-4-1)32-22-33(37-34(36-32)24-12-5-2-6-13-24)27-15-9-14-25(20-27)26-18-19-31-29(21-26)28-16-7-8-17-30(28)35-31/h1-10,12-23,35H,11H2. The zero-order chi connectivity index (χ0) is 24.6. The van der Waals surface area contributed by atoms with Crippen molar-refractivity contribution in [1.82, 2.24) is 15.0 Å². The minimum atomic E-state index is 0.252. The second-order valence-electron chi connectivity index (χ2n) is 9.53. The molecule has 4 aromatic carbocycles. The Kier molecular flexibility index (Phi) is 5.25. The number of aromatic amines is 1. The van der Waals surface area contributed by atoms with Crippen LogP contribution in [-0.2, 0) is 0 Å². The average Bonchev–Trinajstić information content (AvgIpc) is 3.36. The summed E-state index contributed by atoms with van der Waals surface area (Å²) in [6, 6.07) is 36.2. The Morgan fingerprint density at radius 3 is 2.27 bits per heavy atom. The van der Waals surface area contributed by atoms with Gasteiger partial charge in [0.2, 0.25) is 0 Å². The molecule has 0 amide bonds. The number of H-pyrrole nitrogens is 1. The van der Waals surface area contributed by atoms with E-state index < -0.39 is 0 Å². The summed E-state index contributed by atoms with van der Waals surface area (Å²) in [6.45, 7) is 0. The largest absolute Gasteiger partial charge is 0.355 e. The van der Waals surface area contributed by atoms with Gasteiger partial charge in [-0.1, -0.05) is 97.1 Å². The van der Waals surface area contributed by atoms with E-state index in [1.165, 1.54) is 21.9 Å². The fourth-order valence-electron chi connectivity index (χ4n) is 5.21. The van der Waals surface area contributed by atoms with Crippen LogP contribution >= 0.6 is 0 Å². The molecule has 1 atom stereocenters. The SMILES string of the molecule is C1=CCC(c2cc(-c3cccc(-c4ccc5[nH]c6ccccc6c5c4)c3)nc(-c3ccccc3)n2)C=C1. The topological polar surface area (TPSA) is 41.6 Å². The van der Waals surface area contributed by atoms with E-state index in [-0.39, 0.29) is 5.92 Å². The van der Waals surface area contributed by atoms with E-state index in [4.69, 9.17) is 9.97 Å². The molecule has 1 N–H and O–H groups in total. The van der Waals surface area contributed by atoms with E-state index in [1.807, 2.05) is 18.2 Å². The summed E-state index contributed by atoms with van der Waals surface area (Å²) >= 11 is 0. The highest BCUT2D eigenvalue weighted by atomic mass is 14.9. The molecule has 37 heavy (non-hydrogen) atoms. The van der Waals surface area contributed by atoms with Crippen LogP contribution in [-0.4, -0.2) is 15.0 Å². The molecular weight excluding hydrogens is 450 g/mol. The Labute approximate surface area is 215 Å². The highest BCUT2D eigenvalue weighted by molar-refractivity contribution is 6.08. The number of hydrogen-bond acceptors (Lipinski definition) is 2. The Bertz CT molecular complexity index is 1810. The summed E-state index contributed by atoms with van der Waals surface area (Å²) in [7, 11) is 0. The Morgan fingerprint density at radius 2 is 1.38 bits per heavy atom. The Morgan fingerprint density at radius 1 is 0.595 bits per heavy atom. The lowest BCUT2D eigenvalue weighted by Gasteiger charge is -2.16. The molecule has 0 saturated heterocycles. The molecule has 1 unspecified atom stereocenters. The van der Waals surface area contributed by atoms with E-state index in [0.29, 0.717) is 0 Å². The minimum Gasteiger partial charge on any atom is -0.355 e. The highest BCUT2D eigenvalue weighted by Crippen LogP contribution is 2.33. The van der Waals surface area contributed by atoms with Crippen LogP contribution in [0.25, 0.3) is 55.6 Å². The van der Waals surface area contributed by atoms with Crippen LogP contribution in [0.15, 0.2) is 127 Å². The molecule has 0 radical (unpaired) electrons. The number of rotatable bonds is 4. The fraction of sp³-hybridized carbons (Fsp3) is 0.0588. The predicted molar refractivity (Wildman–Crippen MR) is 153 cm³/mol. The van der Waals surface area contributed by atoms with Gasteiger partial charge < -0.3 is 4.98 Å². The van der Waals surface area contributed by atoms with Gasteiger partial charge in [-0.15, -0.1) is 0 Å². The van der Waals surface area contributed by atoms with Crippen LogP contribution in [0.5, 0.6) is 0 Å². The van der Waals surface area contributed by atoms with Gasteiger partial charge in [-0.25, -0.2) is 9.97 Å². The molecular formula is C34H25N3. The monoisotopic (exact) mass is 475 g/mol. The van der Waals surface area contributed by atoms with Gasteiger partial charge in [0, 0.05) is 38.9 Å². The maximum Gasteiger partial charge on any atom is 0.160 e. The molecule has 2 heterocycles. The number of benzene rings is 4. The molecule has 176 valence electrons. The Balaban J connectivity index is 1.34. The van der Waals surface area contributed by atoms with Gasteiger partial charge in [0.15, 0.2) is 5.82 Å². The number of fused-ring (bicyclic) bond motifs is 3. The van der Waals surface area contributed by atoms with Crippen molar-refractivity contribution in [2.75, 3.05) is 0 Å². The van der Waals surface area contributed by atoms with Gasteiger partial charge >= 0.3 is 0 Å². The van der Waals surface area contributed by atoms with Gasteiger partial charge in [-0.3, -0.25) is 0 Å². The lowest BCUT2D eigenvalue weighted by molar-refractivity contribution is 0.811. The van der Waals surface area contributed by atoms with Crippen molar-refractivity contribution in [3.05, 3.63) is 133 Å². The molecule has 0 saturated carbocycles. The summed E-state index contributed by atoms with van der Waals surface area (Å²) in [5.41, 5.74) is 8.80. The second-order valence-corrected chi connectivity index (χ2v) is 9.53. The lowest BCUT2D eigenvalue weighted by Crippen LogP contribution is -2.04. The number of nitrogens with zero attached hydrogens (tertiary/aromatic N) is 2. The zero-order valence-corrected chi connectivity index (χ0v) is 20.3. The predicted octanol–water partition coefficient (Wildman–Crippen LogP) is 8.71. The third-order valence-corrected chi connectivity index (χ3v) is 7.14. The van der Waals surface area contributed by atoms with Gasteiger partial charge in [-0.2, -0.15) is 0 Å². The third kappa shape index (κ3) is 4.05. The van der Waals surface area contributed by atoms with E-state index in [0.717, 1.165) is 45.8 Å². The second kappa shape index (κ2) is 9.03. The summed E-state index contributed by atoms with van der Waals surface area (Å²) in [6.07, 6.45) is 9.60. The maximum absolute atomic E-state index is 5.03. The lowest BCUT2D eigenvalue weighted by atomic mass is 9.95. The Hall–Kier alpha value is -4.76. The van der Waals surface area contributed by atoms with Crippen molar-refractivity contribution in [2.45, 2.75) is 12.3 Å². The van der Waals surface area contributed by atoms with Crippen LogP contribution in [0, 0.1) is 0 Å². The molecule has 7 rings (SSSR count). The van der Waals surface area contributed by atoms with Gasteiger partial charge in [0.05, 0.1) is 11.4 Å². The van der Waals surface area contributed by atoms with Crippen LogP contribution in [0.3, 0.4) is 0 Å². The number of hydrogen-bond donors (Lipinski definition) is 1. The first-order valence-electron chi connectivity index (χ1n) is 12.7. The molecule has 2 aromatic heterocycles. The molecule has 0 spiro atoms. The summed E-state index contributed by atoms with van der Waals surface area (Å²) in [5.74, 6) is 1.02. The quantitative estimate of drug-likeness (QED) is 0.277. The van der Waals surface area contributed by atoms with Crippen molar-refractivity contribution in [1.29, 1.82) is 0 Å². The highest BCUT2D eigenvalue weighted by Gasteiger charge is 2.16. The molecule has 0 aliphatic heterocycles. The van der Waals surface area contributed by atoms with Crippen LogP contribution in [0.4, 0.5) is 0 Å². The van der Waals surface area contributed by atoms with Crippen molar-refractivity contribution in [2.24, 2.45) is 0 Å². The van der Waals surface area contributed by atoms with Crippen molar-refractivity contribution >= 4 is 21.8 Å². The first-order chi connectivity index (χ1) is 18.3. The number of para-hydroxylation sites is 1. The number of aromatic nitrogens is 3. The van der Waals surface area contributed by atoms with E-state index in [2.05, 4.69) is 114 Å². The smallest absolute Gasteiger partial charge is 0.160 e. The number of nitrogens with one attached hydrogen (secondary N) is 1. The van der Waals surface area contributed by atoms with Crippen LogP contribution in [0.1, 0.15) is 18.0 Å². The normalized spacial score (nSPS) is 15.0. The molecule has 3 nitrogen and oxygen atoms in total. The molecule has 1 aliphatic carbocycles. The van der Waals surface area contributed by atoms with E-state index in [1.54, 1.807) is 0 Å². The van der Waals surface area contributed by atoms with Gasteiger partial charge in [0.1, 0.15) is 0 Å². The first kappa shape index (κ1) is 21.5. The zero-order valence-electron chi connectivity index (χ0n) is 20.3. The first-order valence-corrected chi connectivity index (χ1v) is 12.7. The fourth-order valence-corrected chi connectivity index (χ4v) is 5.21. The van der Waals surface area contributed by atoms with Crippen molar-refractivity contribution in [3.63, 3.8) is 0 Å². The molecule has 1 aliphatic rings. The summed E-state index contributed by atoms with van der Waals surface area (Å²) in [4.78, 5) is 13.5. The van der Waals surface area contributed by atoms with Crippen LogP contribution in [0.2, 0.25) is 0 Å². The molecule has 3 heteroatoms. The molecule has 0 fully saturated rings. The van der Waals surface area contributed by atoms with Crippen LogP contribution < -0.4 is 0 Å². The third-order valence-electron chi connectivity index (χ3n) is 7.14. The van der Waals surface area contributed by atoms with E-state index in [9.17, 15) is 0 Å². The van der Waals surface area contributed by atoms with Gasteiger partial charge in [-0.05, 0) is 47.9 Å². The summed E-state index contributed by atoms with van der Waals surface area (Å²) < 4.78 is 0. The van der Waals surface area contributed by atoms with Crippen molar-refractivity contribution in [3.8, 4) is 33.8 Å². The molecule has 6 aromatic rings. The summed E-state index contributed by atoms with van der Waals surface area (Å²) in [5, 5.41) is 2.49. The minimum absolute atomic E-state index is 0.252. The van der Waals surface area contributed by atoms with E-state index >= 15 is 0 Å². The average molecular weight is 476 g/mol. The molecule has 0 bridgehead atoms.